The normalized spacial score (nSPS) is 13.6. The Kier molecular flexibility index (Phi) is 1.34. The fraction of sp³-hybridized carbons (Fsp3) is 0. The van der Waals surface area contributed by atoms with Crippen molar-refractivity contribution < 1.29 is 4.79 Å². The molecule has 0 saturated carbocycles. The van der Waals surface area contributed by atoms with Crippen LogP contribution in [0.5, 0.6) is 0 Å². The topological polar surface area (TPSA) is 29.4 Å². The van der Waals surface area contributed by atoms with Crippen molar-refractivity contribution in [3.8, 4) is 0 Å². The number of carbonyl (C=O) groups is 1. The van der Waals surface area contributed by atoms with Crippen LogP contribution < -0.4 is 10.6 Å². The number of benzene rings is 2. The summed E-state index contributed by atoms with van der Waals surface area (Å²) < 4.78 is 0. The number of amides is 1. The van der Waals surface area contributed by atoms with Crippen molar-refractivity contribution in [2.75, 3.05) is 0 Å². The van der Waals surface area contributed by atoms with E-state index in [4.69, 9.17) is 0 Å². The molecule has 14 heavy (non-hydrogen) atoms. The SMILES string of the molecule is O=C1C=c2c(ccc3ccccc23)=N1. The summed E-state index contributed by atoms with van der Waals surface area (Å²) in [6.07, 6.45) is 1.59. The molecule has 0 bridgehead atoms. The van der Waals surface area contributed by atoms with Crippen LogP contribution in [-0.4, -0.2) is 5.91 Å². The van der Waals surface area contributed by atoms with Gasteiger partial charge >= 0.3 is 0 Å². The Bertz CT molecular complexity index is 656. The second-order valence-corrected chi connectivity index (χ2v) is 3.31. The highest BCUT2D eigenvalue weighted by molar-refractivity contribution is 6.08. The van der Waals surface area contributed by atoms with Crippen LogP contribution in [0.4, 0.5) is 0 Å². The molecule has 0 saturated heterocycles. The highest BCUT2D eigenvalue weighted by atomic mass is 16.1. The van der Waals surface area contributed by atoms with E-state index < -0.39 is 0 Å². The van der Waals surface area contributed by atoms with E-state index in [0.29, 0.717) is 0 Å². The zero-order valence-corrected chi connectivity index (χ0v) is 7.40. The van der Waals surface area contributed by atoms with Crippen LogP contribution >= 0.6 is 0 Å². The van der Waals surface area contributed by atoms with E-state index in [1.165, 1.54) is 0 Å². The zero-order chi connectivity index (χ0) is 9.54. The summed E-state index contributed by atoms with van der Waals surface area (Å²) in [7, 11) is 0. The molecule has 0 aliphatic carbocycles. The predicted molar refractivity (Wildman–Crippen MR) is 54.2 cm³/mol. The van der Waals surface area contributed by atoms with E-state index in [9.17, 15) is 4.79 Å². The highest BCUT2D eigenvalue weighted by Gasteiger charge is 2.05. The summed E-state index contributed by atoms with van der Waals surface area (Å²) in [5, 5.41) is 3.98. The van der Waals surface area contributed by atoms with Gasteiger partial charge in [-0.25, -0.2) is 4.99 Å². The van der Waals surface area contributed by atoms with Gasteiger partial charge < -0.3 is 0 Å². The molecule has 0 radical (unpaired) electrons. The first-order chi connectivity index (χ1) is 6.84. The minimum Gasteiger partial charge on any atom is -0.267 e. The van der Waals surface area contributed by atoms with E-state index in [1.54, 1.807) is 6.08 Å². The van der Waals surface area contributed by atoms with Gasteiger partial charge in [0, 0.05) is 11.3 Å². The zero-order valence-electron chi connectivity index (χ0n) is 7.40. The molecule has 0 spiro atoms. The van der Waals surface area contributed by atoms with Crippen LogP contribution in [0.25, 0.3) is 16.8 Å². The summed E-state index contributed by atoms with van der Waals surface area (Å²) in [4.78, 5) is 15.0. The molecule has 2 nitrogen and oxygen atoms in total. The van der Waals surface area contributed by atoms with Gasteiger partial charge in [0.25, 0.3) is 5.91 Å². The molecule has 0 N–H and O–H groups in total. The van der Waals surface area contributed by atoms with Crippen molar-refractivity contribution in [1.82, 2.24) is 0 Å². The van der Waals surface area contributed by atoms with Crippen LogP contribution in [0.1, 0.15) is 0 Å². The molecule has 1 aliphatic rings. The minimum absolute atomic E-state index is 0.156. The Morgan fingerprint density at radius 2 is 1.86 bits per heavy atom. The van der Waals surface area contributed by atoms with E-state index in [1.807, 2.05) is 36.4 Å². The lowest BCUT2D eigenvalue weighted by molar-refractivity contribution is -0.112. The quantitative estimate of drug-likeness (QED) is 0.590. The maximum absolute atomic E-state index is 11.1. The maximum Gasteiger partial charge on any atom is 0.270 e. The van der Waals surface area contributed by atoms with Crippen molar-refractivity contribution >= 4 is 22.8 Å². The lowest BCUT2D eigenvalue weighted by Gasteiger charge is -1.95. The number of fused-ring (bicyclic) bond motifs is 3. The number of carbonyl (C=O) groups excluding carboxylic acids is 1. The second kappa shape index (κ2) is 2.51. The van der Waals surface area contributed by atoms with Crippen LogP contribution in [-0.2, 0) is 4.79 Å². The van der Waals surface area contributed by atoms with Gasteiger partial charge in [-0.2, -0.15) is 0 Å². The van der Waals surface area contributed by atoms with E-state index >= 15 is 0 Å². The van der Waals surface area contributed by atoms with Crippen molar-refractivity contribution in [2.45, 2.75) is 0 Å². The Morgan fingerprint density at radius 3 is 2.79 bits per heavy atom. The fourth-order valence-corrected chi connectivity index (χ4v) is 1.81. The molecule has 0 atom stereocenters. The second-order valence-electron chi connectivity index (χ2n) is 3.31. The number of rotatable bonds is 0. The molecule has 3 rings (SSSR count). The standard InChI is InChI=1S/C12H7NO/c14-12-7-10-9-4-2-1-3-8(9)5-6-11(10)13-12/h1-7H. The first kappa shape index (κ1) is 7.44. The third-order valence-corrected chi connectivity index (χ3v) is 2.45. The van der Waals surface area contributed by atoms with Gasteiger partial charge in [0.05, 0.1) is 5.36 Å². The third-order valence-electron chi connectivity index (χ3n) is 2.45. The minimum atomic E-state index is -0.156. The average Bonchev–Trinajstić information content (AvgIpc) is 2.59. The van der Waals surface area contributed by atoms with Crippen molar-refractivity contribution in [1.29, 1.82) is 0 Å². The highest BCUT2D eigenvalue weighted by Crippen LogP contribution is 2.07. The van der Waals surface area contributed by atoms with Crippen LogP contribution in [0, 0.1) is 0 Å². The van der Waals surface area contributed by atoms with Crippen LogP contribution in [0.2, 0.25) is 0 Å². The summed E-state index contributed by atoms with van der Waals surface area (Å²) >= 11 is 0. The van der Waals surface area contributed by atoms with Gasteiger partial charge in [-0.05, 0) is 16.8 Å². The first-order valence-corrected chi connectivity index (χ1v) is 4.47. The average molecular weight is 181 g/mol. The summed E-state index contributed by atoms with van der Waals surface area (Å²) in [5.41, 5.74) is 0. The molecule has 0 aromatic heterocycles. The summed E-state index contributed by atoms with van der Waals surface area (Å²) in [6, 6.07) is 11.9. The first-order valence-electron chi connectivity index (χ1n) is 4.47. The molecule has 66 valence electrons. The Balaban J connectivity index is 2.65. The number of hydrogen-bond acceptors (Lipinski definition) is 1. The molecule has 0 fully saturated rings. The monoisotopic (exact) mass is 181 g/mol. The third kappa shape index (κ3) is 0.909. The number of nitrogens with zero attached hydrogens (tertiary/aromatic N) is 1. The van der Waals surface area contributed by atoms with Crippen LogP contribution in [0.3, 0.4) is 0 Å². The van der Waals surface area contributed by atoms with Crippen molar-refractivity contribution in [3.63, 3.8) is 0 Å². The molecule has 2 aromatic rings. The fourth-order valence-electron chi connectivity index (χ4n) is 1.81. The summed E-state index contributed by atoms with van der Waals surface area (Å²) in [5.74, 6) is -0.156. The van der Waals surface area contributed by atoms with Crippen molar-refractivity contribution in [2.24, 2.45) is 4.99 Å². The molecule has 1 amide bonds. The maximum atomic E-state index is 11.1. The van der Waals surface area contributed by atoms with Gasteiger partial charge in [-0.3, -0.25) is 4.79 Å². The Hall–Kier alpha value is -1.96. The molecule has 0 unspecified atom stereocenters. The van der Waals surface area contributed by atoms with E-state index in [-0.39, 0.29) is 5.91 Å². The lowest BCUT2D eigenvalue weighted by Crippen LogP contribution is -2.21. The Labute approximate surface area is 80.2 Å². The van der Waals surface area contributed by atoms with Gasteiger partial charge in [0.15, 0.2) is 0 Å². The van der Waals surface area contributed by atoms with Crippen LogP contribution in [0.15, 0.2) is 41.4 Å². The van der Waals surface area contributed by atoms with Crippen molar-refractivity contribution in [3.05, 3.63) is 47.0 Å². The van der Waals surface area contributed by atoms with E-state index in [0.717, 1.165) is 21.3 Å². The molecule has 1 aliphatic heterocycles. The van der Waals surface area contributed by atoms with Gasteiger partial charge in [0.2, 0.25) is 0 Å². The molecule has 2 aromatic carbocycles. The Morgan fingerprint density at radius 1 is 1.00 bits per heavy atom. The molecular formula is C12H7NO. The van der Waals surface area contributed by atoms with Gasteiger partial charge in [0.1, 0.15) is 0 Å². The van der Waals surface area contributed by atoms with E-state index in [2.05, 4.69) is 4.99 Å². The molecule has 2 heteroatoms. The largest absolute Gasteiger partial charge is 0.270 e. The lowest BCUT2D eigenvalue weighted by atomic mass is 10.1. The number of hydrogen-bond donors (Lipinski definition) is 0. The molecule has 1 heterocycles. The molecular weight excluding hydrogens is 174 g/mol. The predicted octanol–water partition coefficient (Wildman–Crippen LogP) is 0.780. The summed E-state index contributed by atoms with van der Waals surface area (Å²) in [6.45, 7) is 0. The smallest absolute Gasteiger partial charge is 0.267 e. The van der Waals surface area contributed by atoms with Gasteiger partial charge in [-0.1, -0.05) is 30.3 Å². The van der Waals surface area contributed by atoms with Gasteiger partial charge in [-0.15, -0.1) is 0 Å².